The molecule has 3 atom stereocenters. The zero-order chi connectivity index (χ0) is 19.1. The van der Waals surface area contributed by atoms with Crippen LogP contribution < -0.4 is 4.74 Å². The highest BCUT2D eigenvalue weighted by Gasteiger charge is 2.41. The third kappa shape index (κ3) is 2.85. The number of carbonyl (C=O) groups is 1. The van der Waals surface area contributed by atoms with Gasteiger partial charge in [-0.3, -0.25) is 4.90 Å². The van der Waals surface area contributed by atoms with Crippen molar-refractivity contribution in [2.24, 2.45) is 11.8 Å². The van der Waals surface area contributed by atoms with Crippen LogP contribution >= 0.6 is 0 Å². The summed E-state index contributed by atoms with van der Waals surface area (Å²) >= 11 is 0. The van der Waals surface area contributed by atoms with Crippen LogP contribution in [0.15, 0.2) is 30.4 Å². The van der Waals surface area contributed by atoms with Crippen molar-refractivity contribution in [3.8, 4) is 5.75 Å². The Kier molecular flexibility index (Phi) is 4.72. The highest BCUT2D eigenvalue weighted by Crippen LogP contribution is 2.46. The second kappa shape index (κ2) is 7.04. The van der Waals surface area contributed by atoms with Crippen LogP contribution in [0.5, 0.6) is 5.75 Å². The van der Waals surface area contributed by atoms with Crippen LogP contribution in [0.2, 0.25) is 0 Å². The van der Waals surface area contributed by atoms with E-state index in [1.165, 1.54) is 23.8 Å². The molecule has 4 rings (SSSR count). The second-order valence-electron chi connectivity index (χ2n) is 7.69. The molecule has 1 aromatic carbocycles. The second-order valence-corrected chi connectivity index (χ2v) is 7.69. The van der Waals surface area contributed by atoms with Gasteiger partial charge < -0.3 is 14.5 Å². The molecule has 0 radical (unpaired) electrons. The SMILES string of the molecule is C=C(C(=O)OC)[C@H]1C[C@H]2c3[nH]c4cccc(OC)c4c3CCN2C[C@@H]1CC. The summed E-state index contributed by atoms with van der Waals surface area (Å²) in [4.78, 5) is 18.4. The van der Waals surface area contributed by atoms with Crippen molar-refractivity contribution in [3.63, 3.8) is 0 Å². The first-order valence-corrected chi connectivity index (χ1v) is 9.77. The molecule has 2 aromatic rings. The van der Waals surface area contributed by atoms with E-state index in [4.69, 9.17) is 9.47 Å². The van der Waals surface area contributed by atoms with Crippen LogP contribution in [0.3, 0.4) is 0 Å². The highest BCUT2D eigenvalue weighted by molar-refractivity contribution is 5.91. The number of H-pyrrole nitrogens is 1. The summed E-state index contributed by atoms with van der Waals surface area (Å²) in [7, 11) is 3.17. The Hall–Kier alpha value is -2.27. The van der Waals surface area contributed by atoms with Crippen molar-refractivity contribution in [1.82, 2.24) is 9.88 Å². The van der Waals surface area contributed by atoms with Crippen LogP contribution in [-0.4, -0.2) is 43.2 Å². The predicted molar refractivity (Wildman–Crippen MR) is 106 cm³/mol. The first-order valence-electron chi connectivity index (χ1n) is 9.77. The lowest BCUT2D eigenvalue weighted by Gasteiger charge is -2.46. The molecule has 2 aliphatic rings. The Morgan fingerprint density at radius 3 is 2.89 bits per heavy atom. The van der Waals surface area contributed by atoms with E-state index in [0.717, 1.165) is 43.6 Å². The fourth-order valence-electron chi connectivity index (χ4n) is 5.08. The standard InChI is InChI=1S/C22H28N2O3/c1-5-14-12-24-10-9-15-20-17(7-6-8-19(20)26-3)23-21(15)18(24)11-16(14)13(2)22(25)27-4/h6-8,14,16,18,23H,2,5,9-12H2,1,3-4H3/t14-,16+,18-/m0/s1. The molecule has 144 valence electrons. The third-order valence-corrected chi connectivity index (χ3v) is 6.50. The van der Waals surface area contributed by atoms with E-state index >= 15 is 0 Å². The van der Waals surface area contributed by atoms with E-state index in [0.29, 0.717) is 11.5 Å². The van der Waals surface area contributed by atoms with Crippen LogP contribution in [-0.2, 0) is 16.0 Å². The summed E-state index contributed by atoms with van der Waals surface area (Å²) in [6.07, 6.45) is 2.96. The van der Waals surface area contributed by atoms with Gasteiger partial charge in [0.25, 0.3) is 0 Å². The zero-order valence-electron chi connectivity index (χ0n) is 16.4. The van der Waals surface area contributed by atoms with Crippen molar-refractivity contribution in [3.05, 3.63) is 41.6 Å². The van der Waals surface area contributed by atoms with Gasteiger partial charge in [0.1, 0.15) is 5.75 Å². The number of piperidine rings is 1. The van der Waals surface area contributed by atoms with Crippen molar-refractivity contribution >= 4 is 16.9 Å². The molecule has 1 N–H and O–H groups in total. The van der Waals surface area contributed by atoms with E-state index in [9.17, 15) is 4.79 Å². The van der Waals surface area contributed by atoms with Crippen LogP contribution in [0, 0.1) is 11.8 Å². The molecule has 1 saturated heterocycles. The Labute approximate surface area is 160 Å². The average Bonchev–Trinajstić information content (AvgIpc) is 3.10. The quantitative estimate of drug-likeness (QED) is 0.658. The fraction of sp³-hybridized carbons (Fsp3) is 0.500. The monoisotopic (exact) mass is 368 g/mol. The van der Waals surface area contributed by atoms with Gasteiger partial charge in [-0.1, -0.05) is 26.0 Å². The Bertz CT molecular complexity index is 885. The average molecular weight is 368 g/mol. The van der Waals surface area contributed by atoms with Gasteiger partial charge in [0, 0.05) is 35.3 Å². The molecule has 3 heterocycles. The molecule has 0 bridgehead atoms. The lowest BCUT2D eigenvalue weighted by atomic mass is 9.74. The summed E-state index contributed by atoms with van der Waals surface area (Å²) in [5.74, 6) is 1.24. The molecule has 0 unspecified atom stereocenters. The maximum Gasteiger partial charge on any atom is 0.333 e. The zero-order valence-corrected chi connectivity index (χ0v) is 16.4. The number of aromatic amines is 1. The van der Waals surface area contributed by atoms with Gasteiger partial charge in [0.15, 0.2) is 0 Å². The molecular formula is C22H28N2O3. The van der Waals surface area contributed by atoms with Crippen molar-refractivity contribution in [1.29, 1.82) is 0 Å². The van der Waals surface area contributed by atoms with E-state index in [-0.39, 0.29) is 17.9 Å². The predicted octanol–water partition coefficient (Wildman–Crippen LogP) is 3.85. The number of nitrogens with one attached hydrogen (secondary N) is 1. The normalized spacial score (nSPS) is 24.9. The number of methoxy groups -OCH3 is 2. The van der Waals surface area contributed by atoms with E-state index < -0.39 is 0 Å². The number of aromatic nitrogens is 1. The molecule has 5 nitrogen and oxygen atoms in total. The number of fused-ring (bicyclic) bond motifs is 5. The maximum atomic E-state index is 12.1. The Morgan fingerprint density at radius 1 is 1.37 bits per heavy atom. The minimum Gasteiger partial charge on any atom is -0.496 e. The minimum absolute atomic E-state index is 0.156. The first kappa shape index (κ1) is 18.1. The number of benzene rings is 1. The molecule has 0 amide bonds. The largest absolute Gasteiger partial charge is 0.496 e. The Morgan fingerprint density at radius 2 is 2.19 bits per heavy atom. The molecule has 0 saturated carbocycles. The smallest absolute Gasteiger partial charge is 0.333 e. The van der Waals surface area contributed by atoms with Crippen LogP contribution in [0.25, 0.3) is 10.9 Å². The number of nitrogens with zero attached hydrogens (tertiary/aromatic N) is 1. The molecule has 0 spiro atoms. The van der Waals surface area contributed by atoms with Crippen molar-refractivity contribution < 1.29 is 14.3 Å². The summed E-state index contributed by atoms with van der Waals surface area (Å²) in [6.45, 7) is 8.32. The topological polar surface area (TPSA) is 54.6 Å². The molecule has 1 fully saturated rings. The van der Waals surface area contributed by atoms with Gasteiger partial charge in [0.05, 0.1) is 20.3 Å². The summed E-state index contributed by atoms with van der Waals surface area (Å²) in [5.41, 5.74) is 4.38. The number of carbonyl (C=O) groups excluding carboxylic acids is 1. The van der Waals surface area contributed by atoms with E-state index in [1.807, 2.05) is 12.1 Å². The molecule has 0 aliphatic carbocycles. The highest BCUT2D eigenvalue weighted by atomic mass is 16.5. The molecular weight excluding hydrogens is 340 g/mol. The van der Waals surface area contributed by atoms with Gasteiger partial charge in [-0.05, 0) is 42.4 Å². The van der Waals surface area contributed by atoms with Crippen molar-refractivity contribution in [2.45, 2.75) is 32.2 Å². The number of ether oxygens (including phenoxy) is 2. The lowest BCUT2D eigenvalue weighted by molar-refractivity contribution is -0.137. The first-order chi connectivity index (χ1) is 13.1. The maximum absolute atomic E-state index is 12.1. The number of rotatable bonds is 4. The van der Waals surface area contributed by atoms with Gasteiger partial charge in [-0.15, -0.1) is 0 Å². The van der Waals surface area contributed by atoms with Gasteiger partial charge in [-0.2, -0.15) is 0 Å². The van der Waals surface area contributed by atoms with Crippen LogP contribution in [0.4, 0.5) is 0 Å². The fourth-order valence-corrected chi connectivity index (χ4v) is 5.08. The van der Waals surface area contributed by atoms with E-state index in [2.05, 4.69) is 29.5 Å². The number of hydrogen-bond acceptors (Lipinski definition) is 4. The van der Waals surface area contributed by atoms with Gasteiger partial charge in [-0.25, -0.2) is 4.79 Å². The molecule has 27 heavy (non-hydrogen) atoms. The molecule has 1 aromatic heterocycles. The Balaban J connectivity index is 1.74. The van der Waals surface area contributed by atoms with E-state index in [1.54, 1.807) is 7.11 Å². The van der Waals surface area contributed by atoms with Gasteiger partial charge in [0.2, 0.25) is 0 Å². The summed E-state index contributed by atoms with van der Waals surface area (Å²) in [6, 6.07) is 6.44. The summed E-state index contributed by atoms with van der Waals surface area (Å²) in [5, 5.41) is 1.20. The molecule has 2 aliphatic heterocycles. The molecule has 5 heteroatoms. The van der Waals surface area contributed by atoms with Crippen molar-refractivity contribution in [2.75, 3.05) is 27.3 Å². The minimum atomic E-state index is -0.277. The summed E-state index contributed by atoms with van der Waals surface area (Å²) < 4.78 is 10.6. The van der Waals surface area contributed by atoms with Crippen LogP contribution in [0.1, 0.15) is 37.1 Å². The van der Waals surface area contributed by atoms with Gasteiger partial charge >= 0.3 is 5.97 Å². The third-order valence-electron chi connectivity index (χ3n) is 6.50. The number of hydrogen-bond donors (Lipinski definition) is 1. The lowest BCUT2D eigenvalue weighted by Crippen LogP contribution is -2.46. The number of esters is 1.